The predicted octanol–water partition coefficient (Wildman–Crippen LogP) is 1.05. The molecular weight excluding hydrogens is 253 g/mol. The molecule has 6 heteroatoms. The maximum atomic E-state index is 13.4. The average Bonchev–Trinajstić information content (AvgIpc) is 2.40. The Balaban J connectivity index is 1.84. The Morgan fingerprint density at radius 1 is 1.42 bits per heavy atom. The molecule has 0 spiro atoms. The minimum absolute atomic E-state index is 0.0566. The van der Waals surface area contributed by atoms with Crippen molar-refractivity contribution in [2.24, 2.45) is 0 Å². The van der Waals surface area contributed by atoms with Gasteiger partial charge in [-0.25, -0.2) is 9.18 Å². The summed E-state index contributed by atoms with van der Waals surface area (Å²) in [5.74, 6) is -2.35. The molecule has 1 heterocycles. The summed E-state index contributed by atoms with van der Waals surface area (Å²) in [5.41, 5.74) is 0.836. The fraction of sp³-hybridized carbons (Fsp3) is 0.462. The van der Waals surface area contributed by atoms with Crippen LogP contribution in [0.2, 0.25) is 0 Å². The number of carbonyl (C=O) groups excluding carboxylic acids is 1. The van der Waals surface area contributed by atoms with E-state index in [9.17, 15) is 19.4 Å². The summed E-state index contributed by atoms with van der Waals surface area (Å²) in [6.07, 6.45) is -2.76. The van der Waals surface area contributed by atoms with Gasteiger partial charge in [0, 0.05) is 13.0 Å². The molecule has 0 aromatic heterocycles. The highest BCUT2D eigenvalue weighted by Gasteiger charge is 2.42. The first-order chi connectivity index (χ1) is 8.99. The number of alkyl halides is 1. The molecule has 1 aliphatic heterocycles. The van der Waals surface area contributed by atoms with E-state index in [2.05, 4.69) is 0 Å². The van der Waals surface area contributed by atoms with Gasteiger partial charge >= 0.3 is 6.09 Å². The minimum Gasteiger partial charge on any atom is -0.445 e. The fourth-order valence-electron chi connectivity index (χ4n) is 1.86. The number of likely N-dealkylation sites (tertiary alicyclic amines) is 1. The van der Waals surface area contributed by atoms with Gasteiger partial charge in [0.2, 0.25) is 0 Å². The summed E-state index contributed by atoms with van der Waals surface area (Å²) >= 11 is 0. The van der Waals surface area contributed by atoms with Gasteiger partial charge in [0.1, 0.15) is 6.61 Å². The van der Waals surface area contributed by atoms with Crippen molar-refractivity contribution >= 4 is 6.09 Å². The van der Waals surface area contributed by atoms with Gasteiger partial charge in [0.25, 0.3) is 0 Å². The standard InChI is InChI=1S/C13H16FNO4/c14-11-8-15(7-6-13(11,17)18)12(16)19-9-10-4-2-1-3-5-10/h1-5,11,17-18H,6-9H2/t11-/m0/s1. The van der Waals surface area contributed by atoms with Gasteiger partial charge in [0.15, 0.2) is 12.0 Å². The summed E-state index contributed by atoms with van der Waals surface area (Å²) < 4.78 is 18.4. The zero-order valence-electron chi connectivity index (χ0n) is 10.3. The van der Waals surface area contributed by atoms with E-state index < -0.39 is 18.1 Å². The number of ether oxygens (including phenoxy) is 1. The lowest BCUT2D eigenvalue weighted by Gasteiger charge is -2.36. The smallest absolute Gasteiger partial charge is 0.410 e. The van der Waals surface area contributed by atoms with E-state index in [4.69, 9.17) is 4.74 Å². The highest BCUT2D eigenvalue weighted by atomic mass is 19.1. The predicted molar refractivity (Wildman–Crippen MR) is 64.9 cm³/mol. The molecule has 1 aromatic carbocycles. The van der Waals surface area contributed by atoms with Crippen LogP contribution in [0.25, 0.3) is 0 Å². The lowest BCUT2D eigenvalue weighted by Crippen LogP contribution is -2.55. The number of halogens is 1. The molecule has 19 heavy (non-hydrogen) atoms. The molecule has 1 atom stereocenters. The molecule has 0 aliphatic carbocycles. The van der Waals surface area contributed by atoms with Crippen LogP contribution < -0.4 is 0 Å². The molecule has 1 aliphatic rings. The second-order valence-corrected chi connectivity index (χ2v) is 4.58. The van der Waals surface area contributed by atoms with E-state index in [1.165, 1.54) is 0 Å². The zero-order chi connectivity index (χ0) is 13.9. The Bertz CT molecular complexity index is 438. The van der Waals surface area contributed by atoms with Crippen LogP contribution in [0.15, 0.2) is 30.3 Å². The van der Waals surface area contributed by atoms with E-state index in [1.54, 1.807) is 0 Å². The average molecular weight is 269 g/mol. The molecule has 1 fully saturated rings. The Kier molecular flexibility index (Phi) is 4.01. The number of rotatable bonds is 2. The largest absolute Gasteiger partial charge is 0.445 e. The van der Waals surface area contributed by atoms with E-state index in [0.717, 1.165) is 10.5 Å². The quantitative estimate of drug-likeness (QED) is 0.787. The second-order valence-electron chi connectivity index (χ2n) is 4.58. The van der Waals surface area contributed by atoms with Crippen LogP contribution in [0.1, 0.15) is 12.0 Å². The van der Waals surface area contributed by atoms with Crippen molar-refractivity contribution in [2.75, 3.05) is 13.1 Å². The number of carbonyl (C=O) groups is 1. The van der Waals surface area contributed by atoms with Crippen LogP contribution >= 0.6 is 0 Å². The first-order valence-corrected chi connectivity index (χ1v) is 6.03. The van der Waals surface area contributed by atoms with Crippen molar-refractivity contribution in [1.29, 1.82) is 0 Å². The summed E-state index contributed by atoms with van der Waals surface area (Å²) in [4.78, 5) is 12.8. The van der Waals surface area contributed by atoms with Crippen molar-refractivity contribution in [1.82, 2.24) is 4.90 Å². The lowest BCUT2D eigenvalue weighted by molar-refractivity contribution is -0.226. The number of amides is 1. The Labute approximate surface area is 110 Å². The molecule has 2 rings (SSSR count). The Morgan fingerprint density at radius 2 is 2.11 bits per heavy atom. The first-order valence-electron chi connectivity index (χ1n) is 6.03. The molecule has 1 saturated heterocycles. The highest BCUT2D eigenvalue weighted by molar-refractivity contribution is 5.67. The molecule has 2 N–H and O–H groups in total. The third kappa shape index (κ3) is 3.42. The molecule has 0 bridgehead atoms. The highest BCUT2D eigenvalue weighted by Crippen LogP contribution is 2.23. The summed E-state index contributed by atoms with van der Waals surface area (Å²) in [5, 5.41) is 18.5. The van der Waals surface area contributed by atoms with E-state index in [-0.39, 0.29) is 26.1 Å². The lowest BCUT2D eigenvalue weighted by atomic mass is 10.0. The normalized spacial score (nSPS) is 22.1. The summed E-state index contributed by atoms with van der Waals surface area (Å²) in [6.45, 7) is -0.210. The van der Waals surface area contributed by atoms with Gasteiger partial charge in [-0.15, -0.1) is 0 Å². The van der Waals surface area contributed by atoms with E-state index in [0.29, 0.717) is 0 Å². The molecule has 0 radical (unpaired) electrons. The Hall–Kier alpha value is -1.66. The van der Waals surface area contributed by atoms with Crippen LogP contribution in [-0.4, -0.2) is 46.3 Å². The number of nitrogens with zero attached hydrogens (tertiary/aromatic N) is 1. The van der Waals surface area contributed by atoms with Gasteiger partial charge in [-0.05, 0) is 5.56 Å². The summed E-state index contributed by atoms with van der Waals surface area (Å²) in [6, 6.07) is 9.13. The molecule has 5 nitrogen and oxygen atoms in total. The molecular formula is C13H16FNO4. The minimum atomic E-state index is -2.35. The van der Waals surface area contributed by atoms with Crippen LogP contribution in [0.4, 0.5) is 9.18 Å². The number of hydrogen-bond donors (Lipinski definition) is 2. The molecule has 0 saturated carbocycles. The maximum absolute atomic E-state index is 13.4. The van der Waals surface area contributed by atoms with Crippen molar-refractivity contribution < 1.29 is 24.1 Å². The molecule has 1 amide bonds. The molecule has 0 unspecified atom stereocenters. The van der Waals surface area contributed by atoms with Gasteiger partial charge in [-0.2, -0.15) is 0 Å². The molecule has 1 aromatic rings. The fourth-order valence-corrected chi connectivity index (χ4v) is 1.86. The van der Waals surface area contributed by atoms with Gasteiger partial charge in [-0.1, -0.05) is 30.3 Å². The number of hydrogen-bond acceptors (Lipinski definition) is 4. The van der Waals surface area contributed by atoms with Crippen molar-refractivity contribution in [3.05, 3.63) is 35.9 Å². The first kappa shape index (κ1) is 13.8. The third-order valence-electron chi connectivity index (χ3n) is 3.10. The number of piperidine rings is 1. The Morgan fingerprint density at radius 3 is 2.74 bits per heavy atom. The van der Waals surface area contributed by atoms with Crippen molar-refractivity contribution in [2.45, 2.75) is 25.0 Å². The molecule has 104 valence electrons. The van der Waals surface area contributed by atoms with E-state index >= 15 is 0 Å². The van der Waals surface area contributed by atoms with Crippen LogP contribution in [-0.2, 0) is 11.3 Å². The van der Waals surface area contributed by atoms with Gasteiger partial charge < -0.3 is 19.8 Å². The van der Waals surface area contributed by atoms with Crippen LogP contribution in [0.5, 0.6) is 0 Å². The maximum Gasteiger partial charge on any atom is 0.410 e. The van der Waals surface area contributed by atoms with Crippen LogP contribution in [0, 0.1) is 0 Å². The van der Waals surface area contributed by atoms with E-state index in [1.807, 2.05) is 30.3 Å². The topological polar surface area (TPSA) is 70.0 Å². The third-order valence-corrected chi connectivity index (χ3v) is 3.10. The SMILES string of the molecule is O=C(OCc1ccccc1)N1CCC(O)(O)[C@@H](F)C1. The number of benzene rings is 1. The van der Waals surface area contributed by atoms with Crippen molar-refractivity contribution in [3.63, 3.8) is 0 Å². The monoisotopic (exact) mass is 269 g/mol. The van der Waals surface area contributed by atoms with Gasteiger partial charge in [0.05, 0.1) is 6.54 Å². The zero-order valence-corrected chi connectivity index (χ0v) is 10.3. The van der Waals surface area contributed by atoms with Crippen LogP contribution in [0.3, 0.4) is 0 Å². The van der Waals surface area contributed by atoms with Gasteiger partial charge in [-0.3, -0.25) is 0 Å². The summed E-state index contributed by atoms with van der Waals surface area (Å²) in [7, 11) is 0. The van der Waals surface area contributed by atoms with Crippen molar-refractivity contribution in [3.8, 4) is 0 Å². The second kappa shape index (κ2) is 5.54. The number of aliphatic hydroxyl groups is 2.